The Morgan fingerprint density at radius 1 is 1.40 bits per heavy atom. The fraction of sp³-hybridized carbons (Fsp3) is 0.267. The minimum Gasteiger partial charge on any atom is -0.492 e. The van der Waals surface area contributed by atoms with Crippen LogP contribution < -0.4 is 20.7 Å². The Balaban J connectivity index is 1.97. The van der Waals surface area contributed by atoms with Gasteiger partial charge in [-0.15, -0.1) is 0 Å². The first kappa shape index (κ1) is 17.1. The normalized spacial score (nSPS) is 15.8. The van der Waals surface area contributed by atoms with Gasteiger partial charge < -0.3 is 30.0 Å². The molecule has 130 valence electrons. The van der Waals surface area contributed by atoms with Gasteiger partial charge in [0.1, 0.15) is 18.1 Å². The van der Waals surface area contributed by atoms with Crippen molar-refractivity contribution in [2.75, 3.05) is 13.2 Å². The molecule has 9 nitrogen and oxygen atoms in total. The van der Waals surface area contributed by atoms with E-state index in [0.29, 0.717) is 22.5 Å². The summed E-state index contributed by atoms with van der Waals surface area (Å²) in [5.74, 6) is -0.0769. The highest BCUT2D eigenvalue weighted by molar-refractivity contribution is 6.62. The van der Waals surface area contributed by atoms with Crippen molar-refractivity contribution in [3.05, 3.63) is 36.3 Å². The Hall–Kier alpha value is -2.69. The highest BCUT2D eigenvalue weighted by atomic mass is 16.5. The van der Waals surface area contributed by atoms with Crippen LogP contribution in [0.3, 0.4) is 0 Å². The Labute approximate surface area is 143 Å². The van der Waals surface area contributed by atoms with E-state index in [0.717, 1.165) is 0 Å². The zero-order chi connectivity index (χ0) is 17.8. The van der Waals surface area contributed by atoms with E-state index in [-0.39, 0.29) is 25.5 Å². The highest BCUT2D eigenvalue weighted by Crippen LogP contribution is 2.37. The number of nitrogens with two attached hydrogens (primary N) is 1. The molecule has 0 saturated carbocycles. The molecule has 0 spiro atoms. The molecule has 0 saturated heterocycles. The van der Waals surface area contributed by atoms with Crippen molar-refractivity contribution in [3.8, 4) is 17.4 Å². The van der Waals surface area contributed by atoms with E-state index >= 15 is 0 Å². The lowest BCUT2D eigenvalue weighted by atomic mass is 9.78. The number of nitrogens with zero attached hydrogens (tertiary/aromatic N) is 2. The molecule has 1 aromatic carbocycles. The first-order valence-corrected chi connectivity index (χ1v) is 7.58. The van der Waals surface area contributed by atoms with Crippen molar-refractivity contribution in [1.82, 2.24) is 9.97 Å². The molecule has 3 rings (SSSR count). The molecule has 1 aliphatic rings. The van der Waals surface area contributed by atoms with Gasteiger partial charge in [0.05, 0.1) is 18.7 Å². The standard InChI is InChI=1S/C15H16BN3O6/c17-1-4-23-11-6-9(24-13-8-18-2-3-19-13)5-10-15(11)12(7-14(20)21)25-16(10)22/h2-3,5-6,8,12,22H,1,4,7,17H2,(H,20,21). The van der Waals surface area contributed by atoms with Crippen LogP contribution in [-0.4, -0.2) is 46.3 Å². The molecular weight excluding hydrogens is 329 g/mol. The van der Waals surface area contributed by atoms with E-state index < -0.39 is 19.2 Å². The summed E-state index contributed by atoms with van der Waals surface area (Å²) in [6, 6.07) is 3.14. The van der Waals surface area contributed by atoms with Crippen molar-refractivity contribution in [2.24, 2.45) is 5.73 Å². The van der Waals surface area contributed by atoms with Gasteiger partial charge in [0.25, 0.3) is 0 Å². The van der Waals surface area contributed by atoms with Gasteiger partial charge in [0.2, 0.25) is 5.88 Å². The fourth-order valence-corrected chi connectivity index (χ4v) is 2.58. The van der Waals surface area contributed by atoms with E-state index in [1.54, 1.807) is 12.1 Å². The van der Waals surface area contributed by atoms with Crippen molar-refractivity contribution in [1.29, 1.82) is 0 Å². The predicted octanol–water partition coefficient (Wildman–Crippen LogP) is -0.160. The number of carbonyl (C=O) groups is 1. The smallest absolute Gasteiger partial charge is 0.492 e. The molecule has 2 heterocycles. The van der Waals surface area contributed by atoms with E-state index in [1.807, 2.05) is 0 Å². The van der Waals surface area contributed by atoms with E-state index in [2.05, 4.69) is 9.97 Å². The molecule has 0 aliphatic carbocycles. The van der Waals surface area contributed by atoms with Crippen LogP contribution >= 0.6 is 0 Å². The zero-order valence-corrected chi connectivity index (χ0v) is 13.2. The lowest BCUT2D eigenvalue weighted by molar-refractivity contribution is -0.138. The number of ether oxygens (including phenoxy) is 2. The molecule has 1 aromatic heterocycles. The summed E-state index contributed by atoms with van der Waals surface area (Å²) in [6.07, 6.45) is 3.32. The quantitative estimate of drug-likeness (QED) is 0.585. The first-order chi connectivity index (χ1) is 12.1. The van der Waals surface area contributed by atoms with Gasteiger partial charge in [0.15, 0.2) is 0 Å². The van der Waals surface area contributed by atoms with E-state index in [9.17, 15) is 9.82 Å². The Morgan fingerprint density at radius 3 is 2.92 bits per heavy atom. The molecule has 4 N–H and O–H groups in total. The van der Waals surface area contributed by atoms with Crippen LogP contribution in [0.25, 0.3) is 0 Å². The molecule has 0 amide bonds. The van der Waals surface area contributed by atoms with E-state index in [4.69, 9.17) is 25.0 Å². The number of benzene rings is 1. The summed E-state index contributed by atoms with van der Waals surface area (Å²) in [6.45, 7) is 0.494. The number of rotatable bonds is 7. The molecule has 0 bridgehead atoms. The molecule has 2 aromatic rings. The second kappa shape index (κ2) is 7.47. The summed E-state index contributed by atoms with van der Waals surface area (Å²) in [7, 11) is -1.27. The molecule has 1 unspecified atom stereocenters. The largest absolute Gasteiger partial charge is 0.492 e. The number of aromatic nitrogens is 2. The first-order valence-electron chi connectivity index (χ1n) is 7.58. The molecule has 10 heteroatoms. The molecule has 1 aliphatic heterocycles. The number of hydrogen-bond acceptors (Lipinski definition) is 8. The third kappa shape index (κ3) is 3.87. The van der Waals surface area contributed by atoms with Crippen LogP contribution in [0.2, 0.25) is 0 Å². The summed E-state index contributed by atoms with van der Waals surface area (Å²) in [4.78, 5) is 19.0. The third-order valence-electron chi connectivity index (χ3n) is 3.53. The summed E-state index contributed by atoms with van der Waals surface area (Å²) in [5.41, 5.74) is 6.35. The summed E-state index contributed by atoms with van der Waals surface area (Å²) >= 11 is 0. The van der Waals surface area contributed by atoms with Crippen molar-refractivity contribution < 1.29 is 29.1 Å². The Morgan fingerprint density at radius 2 is 2.24 bits per heavy atom. The maximum atomic E-state index is 11.0. The van der Waals surface area contributed by atoms with E-state index in [1.165, 1.54) is 18.6 Å². The topological polar surface area (TPSA) is 137 Å². The minimum absolute atomic E-state index is 0.219. The van der Waals surface area contributed by atoms with Gasteiger partial charge in [-0.3, -0.25) is 9.78 Å². The average Bonchev–Trinajstić information content (AvgIpc) is 2.89. The van der Waals surface area contributed by atoms with Crippen LogP contribution in [0.1, 0.15) is 18.1 Å². The van der Waals surface area contributed by atoms with Crippen LogP contribution in [0.15, 0.2) is 30.7 Å². The highest BCUT2D eigenvalue weighted by Gasteiger charge is 2.39. The minimum atomic E-state index is -1.27. The van der Waals surface area contributed by atoms with Gasteiger partial charge in [-0.25, -0.2) is 4.98 Å². The molecule has 0 fully saturated rings. The predicted molar refractivity (Wildman–Crippen MR) is 86.8 cm³/mol. The van der Waals surface area contributed by atoms with Gasteiger partial charge >= 0.3 is 13.1 Å². The second-order valence-electron chi connectivity index (χ2n) is 5.28. The van der Waals surface area contributed by atoms with Crippen molar-refractivity contribution >= 4 is 18.6 Å². The van der Waals surface area contributed by atoms with Gasteiger partial charge in [0, 0.05) is 30.6 Å². The molecule has 25 heavy (non-hydrogen) atoms. The number of hydrogen-bond donors (Lipinski definition) is 3. The summed E-state index contributed by atoms with van der Waals surface area (Å²) in [5, 5.41) is 19.2. The Bertz CT molecular complexity index is 760. The number of carboxylic acid groups (broad SMARTS) is 1. The lowest BCUT2D eigenvalue weighted by Gasteiger charge is -2.16. The average molecular weight is 345 g/mol. The summed E-state index contributed by atoms with van der Waals surface area (Å²) < 4.78 is 16.6. The molecule has 0 radical (unpaired) electrons. The van der Waals surface area contributed by atoms with Crippen LogP contribution in [0.5, 0.6) is 17.4 Å². The maximum absolute atomic E-state index is 11.0. The van der Waals surface area contributed by atoms with Crippen LogP contribution in [0.4, 0.5) is 0 Å². The fourth-order valence-electron chi connectivity index (χ4n) is 2.58. The third-order valence-corrected chi connectivity index (χ3v) is 3.53. The van der Waals surface area contributed by atoms with Gasteiger partial charge in [-0.2, -0.15) is 0 Å². The van der Waals surface area contributed by atoms with Gasteiger partial charge in [-0.1, -0.05) is 0 Å². The molecular formula is C15H16BN3O6. The van der Waals surface area contributed by atoms with Crippen LogP contribution in [-0.2, 0) is 9.45 Å². The number of carboxylic acids is 1. The molecule has 1 atom stereocenters. The van der Waals surface area contributed by atoms with Crippen LogP contribution in [0, 0.1) is 0 Å². The lowest BCUT2D eigenvalue weighted by Crippen LogP contribution is -2.28. The number of fused-ring (bicyclic) bond motifs is 1. The monoisotopic (exact) mass is 345 g/mol. The SMILES string of the molecule is NCCOc1cc(Oc2cnccn2)cc2c1C(CC(=O)O)OB2O. The zero-order valence-electron chi connectivity index (χ0n) is 13.2. The van der Waals surface area contributed by atoms with Crippen molar-refractivity contribution in [3.63, 3.8) is 0 Å². The number of aliphatic carboxylic acids is 1. The van der Waals surface area contributed by atoms with Crippen molar-refractivity contribution in [2.45, 2.75) is 12.5 Å². The second-order valence-corrected chi connectivity index (χ2v) is 5.28. The maximum Gasteiger partial charge on any atom is 0.492 e. The Kier molecular flexibility index (Phi) is 5.12. The van der Waals surface area contributed by atoms with Gasteiger partial charge in [-0.05, 0) is 11.5 Å².